The van der Waals surface area contributed by atoms with Crippen LogP contribution < -0.4 is 31.2 Å². The molecule has 0 saturated carbocycles. The molecule has 9 nitrogen and oxygen atoms in total. The lowest BCUT2D eigenvalue weighted by molar-refractivity contribution is 0.210. The standard InChI is InChI=1S/C25H31ClN4O2.C14H16ClN3/c1-3-31-22-13-17(14-23(25(22)27)32-4-2)16-30-11-9-18(10-12-30)28-24-15-20(26)19-7-5-6-8-21(19)29-24;15-12-9-14(17-10-5-7-16-8-6-10)18-13-4-2-1-3-11(12)13/h5-8,13-15,18H,3-4,9-12,16,27H2,1-2H3,(H,28,29);1-4,9-10,16H,5-8H2,(H,17,18). The molecule has 2 saturated heterocycles. The number of hydrogen-bond acceptors (Lipinski definition) is 9. The van der Waals surface area contributed by atoms with Crippen LogP contribution in [0.5, 0.6) is 11.5 Å². The maximum atomic E-state index is 6.46. The van der Waals surface area contributed by atoms with Gasteiger partial charge >= 0.3 is 0 Å². The highest BCUT2D eigenvalue weighted by Gasteiger charge is 2.21. The molecule has 5 N–H and O–H groups in total. The van der Waals surface area contributed by atoms with Crippen LogP contribution in [0.3, 0.4) is 0 Å². The molecule has 0 spiro atoms. The molecule has 264 valence electrons. The first kappa shape index (κ1) is 35.8. The SMILES string of the molecule is CCOc1cc(CN2CCC(Nc3cc(Cl)c4ccccc4n3)CC2)cc(OCC)c1N.Clc1cc(NC2CCNCC2)nc2ccccc12. The lowest BCUT2D eigenvalue weighted by Crippen LogP contribution is -2.38. The summed E-state index contributed by atoms with van der Waals surface area (Å²) in [6.45, 7) is 10.0. The van der Waals surface area contributed by atoms with E-state index >= 15 is 0 Å². The number of nitrogens with two attached hydrogens (primary N) is 1. The topological polar surface area (TPSA) is 110 Å². The third-order valence-corrected chi connectivity index (χ3v) is 9.76. The molecule has 3 aromatic carbocycles. The summed E-state index contributed by atoms with van der Waals surface area (Å²) in [6, 6.07) is 24.7. The van der Waals surface area contributed by atoms with E-state index in [1.165, 1.54) is 0 Å². The van der Waals surface area contributed by atoms with Crippen LogP contribution in [0, 0.1) is 0 Å². The van der Waals surface area contributed by atoms with Gasteiger partial charge in [0.25, 0.3) is 0 Å². The Morgan fingerprint density at radius 1 is 0.740 bits per heavy atom. The molecule has 0 aliphatic carbocycles. The molecular weight excluding hydrogens is 669 g/mol. The Kier molecular flexibility index (Phi) is 12.4. The first-order valence-electron chi connectivity index (χ1n) is 17.6. The van der Waals surface area contributed by atoms with Gasteiger partial charge in [0.05, 0.1) is 34.3 Å². The van der Waals surface area contributed by atoms with Gasteiger partial charge in [0.15, 0.2) is 0 Å². The minimum atomic E-state index is 0.375. The normalized spacial score (nSPS) is 15.8. The lowest BCUT2D eigenvalue weighted by atomic mass is 10.0. The van der Waals surface area contributed by atoms with Crippen LogP contribution >= 0.6 is 23.2 Å². The van der Waals surface area contributed by atoms with Crippen molar-refractivity contribution in [2.75, 3.05) is 55.8 Å². The largest absolute Gasteiger partial charge is 0.492 e. The fourth-order valence-corrected chi connectivity index (χ4v) is 7.11. The molecule has 4 heterocycles. The molecule has 50 heavy (non-hydrogen) atoms. The summed E-state index contributed by atoms with van der Waals surface area (Å²) >= 11 is 12.7. The fraction of sp³-hybridized carbons (Fsp3) is 0.385. The maximum Gasteiger partial charge on any atom is 0.146 e. The van der Waals surface area contributed by atoms with Gasteiger partial charge in [-0.25, -0.2) is 9.97 Å². The zero-order valence-electron chi connectivity index (χ0n) is 28.9. The van der Waals surface area contributed by atoms with Crippen molar-refractivity contribution in [2.45, 2.75) is 58.2 Å². The van der Waals surface area contributed by atoms with Crippen LogP contribution in [0.4, 0.5) is 17.3 Å². The first-order valence-corrected chi connectivity index (χ1v) is 18.4. The van der Waals surface area contributed by atoms with Gasteiger partial charge in [-0.2, -0.15) is 0 Å². The van der Waals surface area contributed by atoms with Crippen molar-refractivity contribution in [1.29, 1.82) is 0 Å². The van der Waals surface area contributed by atoms with Crippen LogP contribution in [0.1, 0.15) is 45.1 Å². The Morgan fingerprint density at radius 2 is 1.22 bits per heavy atom. The fourth-order valence-electron chi connectivity index (χ4n) is 6.59. The number of nitrogen functional groups attached to an aromatic ring is 1. The number of halogens is 2. The summed E-state index contributed by atoms with van der Waals surface area (Å²) in [6.07, 6.45) is 4.34. The van der Waals surface area contributed by atoms with Crippen LogP contribution in [-0.4, -0.2) is 66.3 Å². The molecule has 0 atom stereocenters. The molecule has 11 heteroatoms. The van der Waals surface area contributed by atoms with Crippen molar-refractivity contribution < 1.29 is 9.47 Å². The molecule has 2 fully saturated rings. The summed E-state index contributed by atoms with van der Waals surface area (Å²) in [5, 5.41) is 13.9. The Bertz CT molecular complexity index is 1850. The molecule has 5 aromatic rings. The minimum absolute atomic E-state index is 0.375. The first-order chi connectivity index (χ1) is 24.4. The van der Waals surface area contributed by atoms with Crippen molar-refractivity contribution in [3.8, 4) is 11.5 Å². The van der Waals surface area contributed by atoms with Crippen molar-refractivity contribution in [2.24, 2.45) is 0 Å². The highest BCUT2D eigenvalue weighted by atomic mass is 35.5. The van der Waals surface area contributed by atoms with E-state index in [0.29, 0.717) is 42.5 Å². The minimum Gasteiger partial charge on any atom is -0.492 e. The van der Waals surface area contributed by atoms with Crippen LogP contribution in [-0.2, 0) is 6.54 Å². The second kappa shape index (κ2) is 17.3. The average Bonchev–Trinajstić information content (AvgIpc) is 3.12. The van der Waals surface area contributed by atoms with Crippen molar-refractivity contribution >= 4 is 62.3 Å². The van der Waals surface area contributed by atoms with E-state index in [0.717, 1.165) is 107 Å². The molecule has 7 rings (SSSR count). The summed E-state index contributed by atoms with van der Waals surface area (Å²) in [4.78, 5) is 11.8. The molecule has 0 amide bonds. The number of aromatic nitrogens is 2. The number of ether oxygens (including phenoxy) is 2. The summed E-state index contributed by atoms with van der Waals surface area (Å²) in [7, 11) is 0. The van der Waals surface area contributed by atoms with Gasteiger partial charge in [-0.15, -0.1) is 0 Å². The number of hydrogen-bond donors (Lipinski definition) is 4. The van der Waals surface area contributed by atoms with E-state index in [1.807, 2.05) is 86.6 Å². The van der Waals surface area contributed by atoms with Crippen molar-refractivity contribution in [3.63, 3.8) is 0 Å². The molecule has 2 aliphatic rings. The molecular formula is C39H47Cl2N7O2. The summed E-state index contributed by atoms with van der Waals surface area (Å²) in [5.41, 5.74) is 9.79. The van der Waals surface area contributed by atoms with Gasteiger partial charge in [-0.1, -0.05) is 59.6 Å². The number of pyridine rings is 2. The highest BCUT2D eigenvalue weighted by molar-refractivity contribution is 6.36. The predicted octanol–water partition coefficient (Wildman–Crippen LogP) is 8.40. The average molecular weight is 717 g/mol. The molecule has 2 aromatic heterocycles. The molecule has 2 aliphatic heterocycles. The number of benzene rings is 3. The second-order valence-electron chi connectivity index (χ2n) is 12.7. The zero-order valence-corrected chi connectivity index (χ0v) is 30.4. The maximum absolute atomic E-state index is 6.46. The summed E-state index contributed by atoms with van der Waals surface area (Å²) in [5.74, 6) is 3.12. The van der Waals surface area contributed by atoms with E-state index in [-0.39, 0.29) is 0 Å². The van der Waals surface area contributed by atoms with E-state index in [2.05, 4.69) is 25.8 Å². The van der Waals surface area contributed by atoms with Crippen molar-refractivity contribution in [3.05, 3.63) is 88.4 Å². The van der Waals surface area contributed by atoms with E-state index < -0.39 is 0 Å². The third kappa shape index (κ3) is 9.20. The zero-order chi connectivity index (χ0) is 34.9. The quantitative estimate of drug-likeness (QED) is 0.106. The van der Waals surface area contributed by atoms with Gasteiger partial charge in [-0.05, 0) is 94.6 Å². The number of nitrogens with one attached hydrogen (secondary N) is 3. The molecule has 0 unspecified atom stereocenters. The number of likely N-dealkylation sites (tertiary alicyclic amines) is 1. The van der Waals surface area contributed by atoms with Crippen molar-refractivity contribution in [1.82, 2.24) is 20.2 Å². The smallest absolute Gasteiger partial charge is 0.146 e. The van der Waals surface area contributed by atoms with E-state index in [4.69, 9.17) is 43.4 Å². The molecule has 0 bridgehead atoms. The Hall–Kier alpha value is -4.02. The molecule has 0 radical (unpaired) electrons. The number of nitrogens with zero attached hydrogens (tertiary/aromatic N) is 3. The van der Waals surface area contributed by atoms with Gasteiger partial charge in [0.2, 0.25) is 0 Å². The number of fused-ring (bicyclic) bond motifs is 2. The Morgan fingerprint density at radius 3 is 1.72 bits per heavy atom. The predicted molar refractivity (Wildman–Crippen MR) is 208 cm³/mol. The van der Waals surface area contributed by atoms with Crippen LogP contribution in [0.25, 0.3) is 21.8 Å². The van der Waals surface area contributed by atoms with E-state index in [9.17, 15) is 0 Å². The van der Waals surface area contributed by atoms with Gasteiger partial charge in [0.1, 0.15) is 28.8 Å². The lowest BCUT2D eigenvalue weighted by Gasteiger charge is -2.33. The number of piperidine rings is 2. The van der Waals surface area contributed by atoms with Crippen LogP contribution in [0.15, 0.2) is 72.8 Å². The third-order valence-electron chi connectivity index (χ3n) is 9.13. The monoisotopic (exact) mass is 715 g/mol. The van der Waals surface area contributed by atoms with Gasteiger partial charge in [0, 0.05) is 42.5 Å². The van der Waals surface area contributed by atoms with E-state index in [1.54, 1.807) is 0 Å². The highest BCUT2D eigenvalue weighted by Crippen LogP contribution is 2.35. The number of para-hydroxylation sites is 2. The Balaban J connectivity index is 0.000000202. The number of anilines is 3. The van der Waals surface area contributed by atoms with Gasteiger partial charge in [-0.3, -0.25) is 4.90 Å². The number of rotatable bonds is 10. The summed E-state index contributed by atoms with van der Waals surface area (Å²) < 4.78 is 11.5. The Labute approximate surface area is 304 Å². The second-order valence-corrected chi connectivity index (χ2v) is 13.6. The van der Waals surface area contributed by atoms with Gasteiger partial charge < -0.3 is 31.2 Å². The van der Waals surface area contributed by atoms with Crippen LogP contribution in [0.2, 0.25) is 10.0 Å².